The van der Waals surface area contributed by atoms with Gasteiger partial charge in [0.25, 0.3) is 0 Å². The van der Waals surface area contributed by atoms with Crippen LogP contribution >= 0.6 is 0 Å². The van der Waals surface area contributed by atoms with E-state index in [0.29, 0.717) is 26.1 Å². The minimum absolute atomic E-state index is 0.233. The van der Waals surface area contributed by atoms with Gasteiger partial charge in [-0.15, -0.1) is 0 Å². The van der Waals surface area contributed by atoms with Crippen LogP contribution in [0.4, 0.5) is 0 Å². The van der Waals surface area contributed by atoms with Crippen LogP contribution in [0.15, 0.2) is 11.6 Å². The normalized spacial score (nSPS) is 19.4. The third kappa shape index (κ3) is 9.97. The Balaban J connectivity index is 2.39. The summed E-state index contributed by atoms with van der Waals surface area (Å²) in [6, 6.07) is 0. The standard InChI is InChI=1S/C23H40O4/c1-4-6-8-10-12-16-26-22(24)20-15-14-19(3)18-21(20)23(25)27-17-13-11-9-7-5-2/h14,20-21H,4-13,15-18H2,1-3H3. The summed E-state index contributed by atoms with van der Waals surface area (Å²) in [6.07, 6.45) is 14.5. The molecule has 0 fully saturated rings. The highest BCUT2D eigenvalue weighted by molar-refractivity contribution is 5.83. The van der Waals surface area contributed by atoms with E-state index in [9.17, 15) is 9.59 Å². The number of hydrogen-bond acceptors (Lipinski definition) is 4. The maximum atomic E-state index is 12.5. The largest absolute Gasteiger partial charge is 0.465 e. The highest BCUT2D eigenvalue weighted by atomic mass is 16.5. The molecule has 0 aromatic carbocycles. The van der Waals surface area contributed by atoms with Crippen LogP contribution in [0.2, 0.25) is 0 Å². The summed E-state index contributed by atoms with van der Waals surface area (Å²) >= 11 is 0. The second-order valence-electron chi connectivity index (χ2n) is 7.87. The van der Waals surface area contributed by atoms with Gasteiger partial charge in [0.1, 0.15) is 0 Å². The predicted molar refractivity (Wildman–Crippen MR) is 109 cm³/mol. The lowest BCUT2D eigenvalue weighted by molar-refractivity contribution is -0.161. The van der Waals surface area contributed by atoms with E-state index in [0.717, 1.165) is 31.3 Å². The average molecular weight is 381 g/mol. The molecule has 0 N–H and O–H groups in total. The monoisotopic (exact) mass is 380 g/mol. The van der Waals surface area contributed by atoms with Crippen LogP contribution in [0.5, 0.6) is 0 Å². The van der Waals surface area contributed by atoms with E-state index in [1.807, 2.05) is 6.92 Å². The van der Waals surface area contributed by atoms with E-state index in [4.69, 9.17) is 9.47 Å². The minimum atomic E-state index is -0.392. The minimum Gasteiger partial charge on any atom is -0.465 e. The highest BCUT2D eigenvalue weighted by Gasteiger charge is 2.37. The van der Waals surface area contributed by atoms with Gasteiger partial charge in [-0.2, -0.15) is 0 Å². The number of allylic oxidation sites excluding steroid dienone is 2. The molecule has 0 aromatic rings. The third-order valence-corrected chi connectivity index (χ3v) is 5.34. The van der Waals surface area contributed by atoms with Gasteiger partial charge >= 0.3 is 11.9 Å². The molecule has 0 aromatic heterocycles. The van der Waals surface area contributed by atoms with Crippen molar-refractivity contribution in [2.45, 2.75) is 97.8 Å². The Bertz CT molecular complexity index is 455. The Hall–Kier alpha value is -1.32. The number of carbonyl (C=O) groups is 2. The average Bonchev–Trinajstić information content (AvgIpc) is 2.66. The van der Waals surface area contributed by atoms with Gasteiger partial charge in [0.05, 0.1) is 25.0 Å². The molecular weight excluding hydrogens is 340 g/mol. The molecular formula is C23H40O4. The van der Waals surface area contributed by atoms with Crippen LogP contribution in [0, 0.1) is 11.8 Å². The van der Waals surface area contributed by atoms with E-state index < -0.39 is 11.8 Å². The summed E-state index contributed by atoms with van der Waals surface area (Å²) in [5.74, 6) is -1.25. The van der Waals surface area contributed by atoms with Gasteiger partial charge in [0, 0.05) is 0 Å². The topological polar surface area (TPSA) is 52.6 Å². The van der Waals surface area contributed by atoms with Crippen LogP contribution < -0.4 is 0 Å². The lowest BCUT2D eigenvalue weighted by Gasteiger charge is -2.27. The molecule has 0 saturated heterocycles. The van der Waals surface area contributed by atoms with E-state index >= 15 is 0 Å². The molecule has 2 atom stereocenters. The molecule has 1 aliphatic carbocycles. The predicted octanol–water partition coefficient (Wildman–Crippen LogP) is 5.99. The highest BCUT2D eigenvalue weighted by Crippen LogP contribution is 2.31. The van der Waals surface area contributed by atoms with Crippen LogP contribution in [0.1, 0.15) is 97.8 Å². The molecule has 1 rings (SSSR count). The van der Waals surface area contributed by atoms with Crippen molar-refractivity contribution in [2.24, 2.45) is 11.8 Å². The Morgan fingerprint density at radius 2 is 1.30 bits per heavy atom. The number of unbranched alkanes of at least 4 members (excludes halogenated alkanes) is 8. The number of rotatable bonds is 14. The van der Waals surface area contributed by atoms with E-state index in [1.165, 1.54) is 38.5 Å². The zero-order valence-corrected chi connectivity index (χ0v) is 17.8. The molecule has 0 saturated carbocycles. The first-order valence-electron chi connectivity index (χ1n) is 11.1. The Morgan fingerprint density at radius 1 is 0.815 bits per heavy atom. The van der Waals surface area contributed by atoms with Crippen LogP contribution in [-0.4, -0.2) is 25.2 Å². The molecule has 0 radical (unpaired) electrons. The van der Waals surface area contributed by atoms with Gasteiger partial charge < -0.3 is 9.47 Å². The van der Waals surface area contributed by atoms with Gasteiger partial charge in [-0.05, 0) is 32.6 Å². The lowest BCUT2D eigenvalue weighted by Crippen LogP contribution is -2.34. The molecule has 1 aliphatic rings. The second-order valence-corrected chi connectivity index (χ2v) is 7.87. The summed E-state index contributed by atoms with van der Waals surface area (Å²) in [4.78, 5) is 25.0. The van der Waals surface area contributed by atoms with Gasteiger partial charge in [0.15, 0.2) is 0 Å². The first-order chi connectivity index (χ1) is 13.1. The van der Waals surface area contributed by atoms with Crippen molar-refractivity contribution in [3.8, 4) is 0 Å². The maximum Gasteiger partial charge on any atom is 0.310 e. The van der Waals surface area contributed by atoms with Crippen molar-refractivity contribution in [3.05, 3.63) is 11.6 Å². The smallest absolute Gasteiger partial charge is 0.310 e. The van der Waals surface area contributed by atoms with E-state index in [-0.39, 0.29) is 11.9 Å². The zero-order valence-electron chi connectivity index (χ0n) is 17.8. The Kier molecular flexibility index (Phi) is 12.9. The molecule has 2 unspecified atom stereocenters. The molecule has 4 nitrogen and oxygen atoms in total. The summed E-state index contributed by atoms with van der Waals surface area (Å²) < 4.78 is 11.0. The zero-order chi connectivity index (χ0) is 19.9. The lowest BCUT2D eigenvalue weighted by atomic mass is 9.80. The fourth-order valence-electron chi connectivity index (χ4n) is 3.54. The number of ether oxygens (including phenoxy) is 2. The molecule has 0 aliphatic heterocycles. The van der Waals surface area contributed by atoms with Crippen LogP contribution in [0.25, 0.3) is 0 Å². The summed E-state index contributed by atoms with van der Waals surface area (Å²) in [6.45, 7) is 7.30. The van der Waals surface area contributed by atoms with Gasteiger partial charge in [0.2, 0.25) is 0 Å². The van der Waals surface area contributed by atoms with Crippen molar-refractivity contribution in [3.63, 3.8) is 0 Å². The molecule has 0 amide bonds. The molecule has 156 valence electrons. The molecule has 0 heterocycles. The van der Waals surface area contributed by atoms with Crippen molar-refractivity contribution < 1.29 is 19.1 Å². The first kappa shape index (κ1) is 23.7. The number of hydrogen-bond donors (Lipinski definition) is 0. The van der Waals surface area contributed by atoms with Gasteiger partial charge in [-0.3, -0.25) is 9.59 Å². The van der Waals surface area contributed by atoms with Crippen LogP contribution in [0.3, 0.4) is 0 Å². The van der Waals surface area contributed by atoms with Gasteiger partial charge in [-0.25, -0.2) is 0 Å². The van der Waals surface area contributed by atoms with Crippen molar-refractivity contribution in [1.82, 2.24) is 0 Å². The summed E-state index contributed by atoms with van der Waals surface area (Å²) in [5.41, 5.74) is 1.16. The van der Waals surface area contributed by atoms with Crippen LogP contribution in [-0.2, 0) is 19.1 Å². The van der Waals surface area contributed by atoms with E-state index in [2.05, 4.69) is 19.9 Å². The molecule has 0 bridgehead atoms. The second kappa shape index (κ2) is 14.7. The first-order valence-corrected chi connectivity index (χ1v) is 11.1. The van der Waals surface area contributed by atoms with Crippen molar-refractivity contribution in [2.75, 3.05) is 13.2 Å². The quantitative estimate of drug-likeness (QED) is 0.211. The molecule has 0 spiro atoms. The van der Waals surface area contributed by atoms with E-state index in [1.54, 1.807) is 0 Å². The summed E-state index contributed by atoms with van der Waals surface area (Å²) in [7, 11) is 0. The third-order valence-electron chi connectivity index (χ3n) is 5.34. The number of esters is 2. The van der Waals surface area contributed by atoms with Gasteiger partial charge in [-0.1, -0.05) is 76.9 Å². The van der Waals surface area contributed by atoms with Crippen molar-refractivity contribution in [1.29, 1.82) is 0 Å². The fourth-order valence-corrected chi connectivity index (χ4v) is 3.54. The SMILES string of the molecule is CCCCCCCOC(=O)C1CC=C(C)CC1C(=O)OCCCCCCC. The Labute approximate surface area is 166 Å². The molecule has 4 heteroatoms. The van der Waals surface area contributed by atoms with Crippen molar-refractivity contribution >= 4 is 11.9 Å². The Morgan fingerprint density at radius 3 is 1.81 bits per heavy atom. The maximum absolute atomic E-state index is 12.5. The number of carbonyl (C=O) groups excluding carboxylic acids is 2. The fraction of sp³-hybridized carbons (Fsp3) is 0.826. The summed E-state index contributed by atoms with van der Waals surface area (Å²) in [5, 5.41) is 0. The molecule has 27 heavy (non-hydrogen) atoms.